The monoisotopic (exact) mass is 346 g/mol. The van der Waals surface area contributed by atoms with Gasteiger partial charge in [-0.05, 0) is 36.1 Å². The Bertz CT molecular complexity index is 692. The molecule has 0 aliphatic carbocycles. The minimum atomic E-state index is -0.394. The fraction of sp³-hybridized carbons (Fsp3) is 0.632. The number of rotatable bonds is 3. The highest BCUT2D eigenvalue weighted by Crippen LogP contribution is 2.47. The van der Waals surface area contributed by atoms with Crippen LogP contribution in [0, 0.1) is 0 Å². The van der Waals surface area contributed by atoms with Crippen molar-refractivity contribution in [3.05, 3.63) is 23.3 Å². The number of amides is 1. The molecule has 1 aromatic carbocycles. The average molecular weight is 346 g/mol. The van der Waals surface area contributed by atoms with Gasteiger partial charge in [-0.2, -0.15) is 0 Å². The van der Waals surface area contributed by atoms with Gasteiger partial charge in [0.25, 0.3) is 0 Å². The number of hydrogen-bond donors (Lipinski definition) is 1. The molecule has 0 saturated carbocycles. The third-order valence-electron chi connectivity index (χ3n) is 6.11. The first-order valence-electron chi connectivity index (χ1n) is 9.08. The Morgan fingerprint density at radius 2 is 2.04 bits per heavy atom. The molecule has 1 spiro atoms. The summed E-state index contributed by atoms with van der Waals surface area (Å²) in [5, 5.41) is 3.00. The first kappa shape index (κ1) is 16.5. The van der Waals surface area contributed by atoms with Crippen molar-refractivity contribution in [1.29, 1.82) is 0 Å². The van der Waals surface area contributed by atoms with Crippen molar-refractivity contribution in [2.75, 3.05) is 27.3 Å². The number of benzene rings is 1. The molecule has 3 heterocycles. The molecule has 0 radical (unpaired) electrons. The Hall–Kier alpha value is -1.95. The van der Waals surface area contributed by atoms with E-state index in [1.807, 2.05) is 0 Å². The average Bonchev–Trinajstić information content (AvgIpc) is 2.94. The largest absolute Gasteiger partial charge is 0.493 e. The Morgan fingerprint density at radius 1 is 1.28 bits per heavy atom. The summed E-state index contributed by atoms with van der Waals surface area (Å²) in [6.45, 7) is 4.09. The number of methoxy groups -OCH3 is 2. The molecule has 1 aromatic rings. The quantitative estimate of drug-likeness (QED) is 0.912. The van der Waals surface area contributed by atoms with Crippen molar-refractivity contribution >= 4 is 6.09 Å². The summed E-state index contributed by atoms with van der Waals surface area (Å²) >= 11 is 0. The van der Waals surface area contributed by atoms with Gasteiger partial charge in [0.2, 0.25) is 0 Å². The molecule has 0 unspecified atom stereocenters. The smallest absolute Gasteiger partial charge is 0.408 e. The number of hydrogen-bond acceptors (Lipinski definition) is 5. The van der Waals surface area contributed by atoms with E-state index >= 15 is 0 Å². The minimum Gasteiger partial charge on any atom is -0.493 e. The number of carbonyl (C=O) groups excluding carboxylic acids is 1. The van der Waals surface area contributed by atoms with E-state index in [1.54, 1.807) is 14.2 Å². The maximum atomic E-state index is 11.9. The topological polar surface area (TPSA) is 60.0 Å². The third-order valence-corrected chi connectivity index (χ3v) is 6.11. The number of piperidine rings is 1. The normalized spacial score (nSPS) is 31.1. The molecular weight excluding hydrogens is 320 g/mol. The van der Waals surface area contributed by atoms with Crippen molar-refractivity contribution in [2.45, 2.75) is 50.3 Å². The van der Waals surface area contributed by atoms with Gasteiger partial charge in [0, 0.05) is 32.0 Å². The molecule has 2 fully saturated rings. The molecule has 6 heteroatoms. The van der Waals surface area contributed by atoms with Crippen molar-refractivity contribution < 1.29 is 19.0 Å². The predicted molar refractivity (Wildman–Crippen MR) is 93.2 cm³/mol. The summed E-state index contributed by atoms with van der Waals surface area (Å²) in [6, 6.07) is 4.55. The second kappa shape index (κ2) is 6.09. The maximum absolute atomic E-state index is 11.9. The second-order valence-corrected chi connectivity index (χ2v) is 7.22. The van der Waals surface area contributed by atoms with Crippen LogP contribution in [0.3, 0.4) is 0 Å². The number of fused-ring (bicyclic) bond motifs is 3. The lowest BCUT2D eigenvalue weighted by Gasteiger charge is -2.48. The van der Waals surface area contributed by atoms with Crippen LogP contribution in [0.1, 0.15) is 43.4 Å². The fourth-order valence-corrected chi connectivity index (χ4v) is 4.79. The van der Waals surface area contributed by atoms with Gasteiger partial charge >= 0.3 is 6.09 Å². The molecule has 3 aliphatic rings. The molecular formula is C19H26N2O4. The highest BCUT2D eigenvalue weighted by atomic mass is 16.6. The van der Waals surface area contributed by atoms with Gasteiger partial charge in [-0.1, -0.05) is 6.92 Å². The molecule has 25 heavy (non-hydrogen) atoms. The van der Waals surface area contributed by atoms with E-state index in [4.69, 9.17) is 14.2 Å². The van der Waals surface area contributed by atoms with E-state index in [0.717, 1.165) is 50.3 Å². The third kappa shape index (κ3) is 2.54. The first-order valence-corrected chi connectivity index (χ1v) is 9.08. The van der Waals surface area contributed by atoms with E-state index in [2.05, 4.69) is 29.3 Å². The lowest BCUT2D eigenvalue weighted by atomic mass is 9.75. The van der Waals surface area contributed by atoms with Crippen LogP contribution < -0.4 is 14.8 Å². The molecule has 136 valence electrons. The van der Waals surface area contributed by atoms with Gasteiger partial charge in [0.15, 0.2) is 11.5 Å². The molecule has 0 bridgehead atoms. The van der Waals surface area contributed by atoms with Crippen LogP contribution in [0.15, 0.2) is 12.1 Å². The number of nitrogens with zero attached hydrogens (tertiary/aromatic N) is 1. The molecule has 3 aliphatic heterocycles. The summed E-state index contributed by atoms with van der Waals surface area (Å²) in [4.78, 5) is 14.4. The summed E-state index contributed by atoms with van der Waals surface area (Å²) in [5.74, 6) is 1.54. The molecule has 4 rings (SSSR count). The molecule has 0 aromatic heterocycles. The highest BCUT2D eigenvalue weighted by Gasteiger charge is 2.53. The van der Waals surface area contributed by atoms with Gasteiger partial charge in [-0.3, -0.25) is 4.90 Å². The van der Waals surface area contributed by atoms with Crippen LogP contribution in [0.25, 0.3) is 0 Å². The summed E-state index contributed by atoms with van der Waals surface area (Å²) in [7, 11) is 3.34. The van der Waals surface area contributed by atoms with Crippen molar-refractivity contribution in [3.8, 4) is 11.5 Å². The molecule has 1 amide bonds. The number of ether oxygens (including phenoxy) is 3. The number of nitrogens with one attached hydrogen (secondary N) is 1. The Kier molecular flexibility index (Phi) is 4.02. The zero-order valence-electron chi connectivity index (χ0n) is 15.1. The van der Waals surface area contributed by atoms with Gasteiger partial charge in [0.1, 0.15) is 5.60 Å². The highest BCUT2D eigenvalue weighted by molar-refractivity contribution is 5.71. The van der Waals surface area contributed by atoms with Gasteiger partial charge in [-0.15, -0.1) is 0 Å². The van der Waals surface area contributed by atoms with Crippen LogP contribution in [0.4, 0.5) is 4.79 Å². The first-order chi connectivity index (χ1) is 12.1. The van der Waals surface area contributed by atoms with Gasteiger partial charge in [-0.25, -0.2) is 4.79 Å². The summed E-state index contributed by atoms with van der Waals surface area (Å²) in [6.07, 6.45) is 3.34. The van der Waals surface area contributed by atoms with Crippen LogP contribution in [-0.2, 0) is 11.2 Å². The van der Waals surface area contributed by atoms with E-state index in [9.17, 15) is 4.79 Å². The lowest BCUT2D eigenvalue weighted by molar-refractivity contribution is -0.0472. The standard InChI is InChI=1S/C19H26N2O4/c1-4-17-19(25-18(22)20-17)6-8-21-7-5-12-9-15(23-2)16(24-3)10-13(12)14(21)11-19/h9-10,14,17H,4-8,11H2,1-3H3,(H,20,22)/t14-,17-,19-/m0/s1. The van der Waals surface area contributed by atoms with E-state index < -0.39 is 5.60 Å². The van der Waals surface area contributed by atoms with Crippen molar-refractivity contribution in [3.63, 3.8) is 0 Å². The van der Waals surface area contributed by atoms with Crippen LogP contribution in [0.2, 0.25) is 0 Å². The maximum Gasteiger partial charge on any atom is 0.408 e. The minimum absolute atomic E-state index is 0.0904. The van der Waals surface area contributed by atoms with E-state index in [-0.39, 0.29) is 18.2 Å². The summed E-state index contributed by atoms with van der Waals surface area (Å²) in [5.41, 5.74) is 2.19. The molecule has 2 saturated heterocycles. The van der Waals surface area contributed by atoms with Crippen molar-refractivity contribution in [2.24, 2.45) is 0 Å². The van der Waals surface area contributed by atoms with Gasteiger partial charge < -0.3 is 19.5 Å². The number of alkyl carbamates (subject to hydrolysis) is 1. The zero-order chi connectivity index (χ0) is 17.6. The lowest BCUT2D eigenvalue weighted by Crippen LogP contribution is -2.54. The molecule has 1 N–H and O–H groups in total. The van der Waals surface area contributed by atoms with Crippen LogP contribution in [-0.4, -0.2) is 49.9 Å². The SMILES string of the molecule is CC[C@@H]1NC(=O)O[C@]12CCN1CCc3cc(OC)c(OC)cc3[C@@H]1C2. The van der Waals surface area contributed by atoms with Crippen LogP contribution in [0.5, 0.6) is 11.5 Å². The second-order valence-electron chi connectivity index (χ2n) is 7.22. The Labute approximate surface area is 148 Å². The number of carbonyl (C=O) groups is 1. The van der Waals surface area contributed by atoms with E-state index in [1.165, 1.54) is 11.1 Å². The van der Waals surface area contributed by atoms with Crippen molar-refractivity contribution in [1.82, 2.24) is 10.2 Å². The van der Waals surface area contributed by atoms with Gasteiger partial charge in [0.05, 0.1) is 20.3 Å². The van der Waals surface area contributed by atoms with E-state index in [0.29, 0.717) is 0 Å². The zero-order valence-corrected chi connectivity index (χ0v) is 15.1. The Balaban J connectivity index is 1.71. The predicted octanol–water partition coefficient (Wildman–Crippen LogP) is 2.65. The molecule has 3 atom stereocenters. The Morgan fingerprint density at radius 3 is 2.76 bits per heavy atom. The summed E-state index contributed by atoms with van der Waals surface area (Å²) < 4.78 is 16.8. The van der Waals surface area contributed by atoms with Crippen LogP contribution >= 0.6 is 0 Å². The fourth-order valence-electron chi connectivity index (χ4n) is 4.79. The molecule has 6 nitrogen and oxygen atoms in total.